The second-order valence-electron chi connectivity index (χ2n) is 6.71. The number of ether oxygens (including phenoxy) is 2. The first kappa shape index (κ1) is 15.8. The van der Waals surface area contributed by atoms with Gasteiger partial charge >= 0.3 is 0 Å². The van der Waals surface area contributed by atoms with Crippen LogP contribution in [-0.2, 0) is 9.47 Å². The third-order valence-corrected chi connectivity index (χ3v) is 5.15. The molecule has 0 amide bonds. The van der Waals surface area contributed by atoms with Gasteiger partial charge in [0.05, 0.1) is 48.8 Å². The first-order valence-electron chi connectivity index (χ1n) is 9.25. The van der Waals surface area contributed by atoms with E-state index >= 15 is 0 Å². The first-order valence-corrected chi connectivity index (χ1v) is 9.25. The highest BCUT2D eigenvalue weighted by atomic mass is 16.5. The Kier molecular flexibility index (Phi) is 4.07. The fourth-order valence-electron chi connectivity index (χ4n) is 3.81. The lowest BCUT2D eigenvalue weighted by molar-refractivity contribution is 0.122. The molecule has 0 N–H and O–H groups in total. The summed E-state index contributed by atoms with van der Waals surface area (Å²) in [7, 11) is 0. The Morgan fingerprint density at radius 3 is 1.46 bits per heavy atom. The van der Waals surface area contributed by atoms with Gasteiger partial charge in [-0.1, -0.05) is 12.1 Å². The van der Waals surface area contributed by atoms with Gasteiger partial charge in [-0.15, -0.1) is 0 Å². The van der Waals surface area contributed by atoms with Crippen LogP contribution in [0.2, 0.25) is 0 Å². The summed E-state index contributed by atoms with van der Waals surface area (Å²) in [6.45, 7) is 6.63. The standard InChI is InChI=1S/C20H22N4O2/c1-3-15-19(17(5-1)23-7-11-25-12-8-23)22-16-4-2-6-18(20(16)21-15)24-9-13-26-14-10-24/h1-6H,7-14H2. The lowest BCUT2D eigenvalue weighted by Gasteiger charge is -2.30. The van der Waals surface area contributed by atoms with Crippen LogP contribution in [0.15, 0.2) is 36.4 Å². The van der Waals surface area contributed by atoms with Crippen molar-refractivity contribution in [2.24, 2.45) is 0 Å². The van der Waals surface area contributed by atoms with Crippen LogP contribution in [0.25, 0.3) is 22.1 Å². The van der Waals surface area contributed by atoms with Crippen molar-refractivity contribution in [3.63, 3.8) is 0 Å². The monoisotopic (exact) mass is 350 g/mol. The van der Waals surface area contributed by atoms with Gasteiger partial charge in [-0.3, -0.25) is 0 Å². The minimum Gasteiger partial charge on any atom is -0.378 e. The summed E-state index contributed by atoms with van der Waals surface area (Å²) < 4.78 is 11.0. The average Bonchev–Trinajstić information content (AvgIpc) is 2.72. The Bertz CT molecular complexity index is 856. The Morgan fingerprint density at radius 2 is 1.04 bits per heavy atom. The van der Waals surface area contributed by atoms with Gasteiger partial charge in [0.1, 0.15) is 11.0 Å². The van der Waals surface area contributed by atoms with Gasteiger partial charge in [0.2, 0.25) is 0 Å². The summed E-state index contributed by atoms with van der Waals surface area (Å²) in [5, 5.41) is 0. The number of benzene rings is 2. The molecular weight excluding hydrogens is 328 g/mol. The molecule has 2 aliphatic rings. The highest BCUT2D eigenvalue weighted by Gasteiger charge is 2.18. The fourth-order valence-corrected chi connectivity index (χ4v) is 3.81. The first-order chi connectivity index (χ1) is 12.9. The molecule has 0 bridgehead atoms. The molecule has 0 aliphatic carbocycles. The minimum atomic E-state index is 0.762. The molecule has 0 saturated carbocycles. The predicted molar refractivity (Wildman–Crippen MR) is 103 cm³/mol. The van der Waals surface area contributed by atoms with Gasteiger partial charge < -0.3 is 19.3 Å². The summed E-state index contributed by atoms with van der Waals surface area (Å²) in [6, 6.07) is 12.5. The summed E-state index contributed by atoms with van der Waals surface area (Å²) in [6.07, 6.45) is 0. The lowest BCUT2D eigenvalue weighted by atomic mass is 10.2. The third-order valence-electron chi connectivity index (χ3n) is 5.15. The van der Waals surface area contributed by atoms with Crippen LogP contribution in [0.3, 0.4) is 0 Å². The molecule has 3 heterocycles. The maximum absolute atomic E-state index is 5.49. The second kappa shape index (κ2) is 6.70. The van der Waals surface area contributed by atoms with Gasteiger partial charge in [0.15, 0.2) is 0 Å². The van der Waals surface area contributed by atoms with Crippen LogP contribution in [0, 0.1) is 0 Å². The van der Waals surface area contributed by atoms with Gasteiger partial charge in [0.25, 0.3) is 0 Å². The number of aromatic nitrogens is 2. The van der Waals surface area contributed by atoms with Crippen molar-refractivity contribution in [3.05, 3.63) is 36.4 Å². The number of fused-ring (bicyclic) bond motifs is 2. The van der Waals surface area contributed by atoms with E-state index in [0.29, 0.717) is 0 Å². The predicted octanol–water partition coefficient (Wildman–Crippen LogP) is 2.46. The number of para-hydroxylation sites is 2. The van der Waals surface area contributed by atoms with E-state index in [1.54, 1.807) is 0 Å². The van der Waals surface area contributed by atoms with E-state index in [-0.39, 0.29) is 0 Å². The highest BCUT2D eigenvalue weighted by Crippen LogP contribution is 2.30. The van der Waals surface area contributed by atoms with Crippen LogP contribution >= 0.6 is 0 Å². The van der Waals surface area contributed by atoms with E-state index in [9.17, 15) is 0 Å². The van der Waals surface area contributed by atoms with Crippen LogP contribution in [0.5, 0.6) is 0 Å². The molecule has 1 aromatic heterocycles. The molecule has 0 atom stereocenters. The molecule has 0 radical (unpaired) electrons. The van der Waals surface area contributed by atoms with E-state index in [1.807, 2.05) is 0 Å². The van der Waals surface area contributed by atoms with Crippen molar-refractivity contribution < 1.29 is 9.47 Å². The quantitative estimate of drug-likeness (QED) is 0.662. The average molecular weight is 350 g/mol. The molecule has 26 heavy (non-hydrogen) atoms. The topological polar surface area (TPSA) is 50.7 Å². The number of anilines is 2. The SMILES string of the molecule is c1cc(N2CCOCC2)c2nc3cccc(N4CCOCC4)c3nc2c1. The van der Waals surface area contributed by atoms with Crippen LogP contribution in [-0.4, -0.2) is 62.6 Å². The summed E-state index contributed by atoms with van der Waals surface area (Å²) in [4.78, 5) is 14.7. The van der Waals surface area contributed by atoms with Crippen molar-refractivity contribution in [3.8, 4) is 0 Å². The zero-order chi connectivity index (χ0) is 17.3. The van der Waals surface area contributed by atoms with E-state index in [1.165, 1.54) is 0 Å². The van der Waals surface area contributed by atoms with Crippen molar-refractivity contribution in [1.29, 1.82) is 0 Å². The summed E-state index contributed by atoms with van der Waals surface area (Å²) in [5.41, 5.74) is 6.14. The number of nitrogens with zero attached hydrogens (tertiary/aromatic N) is 4. The Hall–Kier alpha value is -2.44. The van der Waals surface area contributed by atoms with Crippen LogP contribution in [0.1, 0.15) is 0 Å². The molecule has 2 aliphatic heterocycles. The van der Waals surface area contributed by atoms with E-state index < -0.39 is 0 Å². The molecule has 2 aromatic carbocycles. The number of hydrogen-bond donors (Lipinski definition) is 0. The van der Waals surface area contributed by atoms with Gasteiger partial charge in [-0.2, -0.15) is 0 Å². The van der Waals surface area contributed by atoms with Crippen molar-refractivity contribution in [1.82, 2.24) is 9.97 Å². The van der Waals surface area contributed by atoms with Crippen molar-refractivity contribution in [2.45, 2.75) is 0 Å². The molecule has 0 unspecified atom stereocenters. The maximum atomic E-state index is 5.49. The molecule has 2 saturated heterocycles. The van der Waals surface area contributed by atoms with Gasteiger partial charge in [-0.05, 0) is 24.3 Å². The molecule has 0 spiro atoms. The molecule has 6 heteroatoms. The zero-order valence-electron chi connectivity index (χ0n) is 14.7. The number of rotatable bonds is 2. The molecule has 134 valence electrons. The second-order valence-corrected chi connectivity index (χ2v) is 6.71. The third kappa shape index (κ3) is 2.75. The van der Waals surface area contributed by atoms with E-state index in [2.05, 4.69) is 46.2 Å². The maximum Gasteiger partial charge on any atom is 0.113 e. The van der Waals surface area contributed by atoms with Gasteiger partial charge in [-0.25, -0.2) is 9.97 Å². The Labute approximate surface area is 152 Å². The number of hydrogen-bond acceptors (Lipinski definition) is 6. The zero-order valence-corrected chi connectivity index (χ0v) is 14.7. The molecule has 5 rings (SSSR count). The normalized spacial score (nSPS) is 18.6. The number of morpholine rings is 2. The van der Waals surface area contributed by atoms with Crippen LogP contribution in [0.4, 0.5) is 11.4 Å². The lowest BCUT2D eigenvalue weighted by Crippen LogP contribution is -2.36. The fraction of sp³-hybridized carbons (Fsp3) is 0.400. The Balaban J connectivity index is 1.65. The van der Waals surface area contributed by atoms with E-state index in [4.69, 9.17) is 19.4 Å². The van der Waals surface area contributed by atoms with Gasteiger partial charge in [0, 0.05) is 26.2 Å². The van der Waals surface area contributed by atoms with Crippen molar-refractivity contribution >= 4 is 33.4 Å². The molecular formula is C20H22N4O2. The molecule has 2 fully saturated rings. The van der Waals surface area contributed by atoms with E-state index in [0.717, 1.165) is 86.0 Å². The Morgan fingerprint density at radius 1 is 0.615 bits per heavy atom. The summed E-state index contributed by atoms with van der Waals surface area (Å²) in [5.74, 6) is 0. The highest BCUT2D eigenvalue weighted by molar-refractivity contribution is 5.98. The molecule has 6 nitrogen and oxygen atoms in total. The molecule has 3 aromatic rings. The van der Waals surface area contributed by atoms with Crippen LogP contribution < -0.4 is 9.80 Å². The minimum absolute atomic E-state index is 0.762. The smallest absolute Gasteiger partial charge is 0.113 e. The van der Waals surface area contributed by atoms with Crippen molar-refractivity contribution in [2.75, 3.05) is 62.4 Å². The summed E-state index contributed by atoms with van der Waals surface area (Å²) >= 11 is 0. The largest absolute Gasteiger partial charge is 0.378 e.